The van der Waals surface area contributed by atoms with Crippen molar-refractivity contribution in [3.05, 3.63) is 21.9 Å². The van der Waals surface area contributed by atoms with Gasteiger partial charge in [0, 0.05) is 23.8 Å². The normalized spacial score (nSPS) is 20.4. The quantitative estimate of drug-likeness (QED) is 0.827. The van der Waals surface area contributed by atoms with Crippen LogP contribution in [0.1, 0.15) is 19.3 Å². The molecule has 1 fully saturated rings. The number of sulfonamides is 1. The molecule has 8 heteroatoms. The molecule has 0 bridgehead atoms. The zero-order valence-corrected chi connectivity index (χ0v) is 13.3. The van der Waals surface area contributed by atoms with Crippen molar-refractivity contribution in [3.8, 4) is 0 Å². The maximum Gasteiger partial charge on any atom is 0.243 e. The molecule has 106 valence electrons. The SMILES string of the molecule is O=S(=O)(NCC1CCCCO1)c1cc(Br)cnc1Cl. The smallest absolute Gasteiger partial charge is 0.243 e. The molecular formula is C11H14BrClN2O3S. The van der Waals surface area contributed by atoms with Gasteiger partial charge in [-0.1, -0.05) is 11.6 Å². The molecule has 1 atom stereocenters. The molecule has 1 aromatic heterocycles. The van der Waals surface area contributed by atoms with Gasteiger partial charge in [0.25, 0.3) is 0 Å². The molecule has 1 aromatic rings. The van der Waals surface area contributed by atoms with Crippen LogP contribution in [-0.2, 0) is 14.8 Å². The Balaban J connectivity index is 2.07. The summed E-state index contributed by atoms with van der Waals surface area (Å²) in [6, 6.07) is 1.43. The minimum absolute atomic E-state index is 0.0284. The summed E-state index contributed by atoms with van der Waals surface area (Å²) < 4.78 is 32.8. The van der Waals surface area contributed by atoms with E-state index in [9.17, 15) is 8.42 Å². The van der Waals surface area contributed by atoms with Gasteiger partial charge in [-0.2, -0.15) is 0 Å². The Bertz CT molecular complexity index is 547. The first-order valence-corrected chi connectivity index (χ1v) is 8.57. The van der Waals surface area contributed by atoms with Gasteiger partial charge >= 0.3 is 0 Å². The van der Waals surface area contributed by atoms with E-state index in [1.807, 2.05) is 0 Å². The summed E-state index contributed by atoms with van der Waals surface area (Å²) in [5.74, 6) is 0. The van der Waals surface area contributed by atoms with Crippen molar-refractivity contribution in [2.24, 2.45) is 0 Å². The van der Waals surface area contributed by atoms with E-state index in [0.29, 0.717) is 11.1 Å². The van der Waals surface area contributed by atoms with Crippen molar-refractivity contribution in [2.75, 3.05) is 13.2 Å². The number of nitrogens with one attached hydrogen (secondary N) is 1. The molecule has 1 saturated heterocycles. The van der Waals surface area contributed by atoms with Crippen LogP contribution in [0.5, 0.6) is 0 Å². The molecule has 0 aliphatic carbocycles. The first-order chi connectivity index (χ1) is 8.99. The zero-order valence-electron chi connectivity index (χ0n) is 10.1. The van der Waals surface area contributed by atoms with Crippen molar-refractivity contribution < 1.29 is 13.2 Å². The Morgan fingerprint density at radius 2 is 2.32 bits per heavy atom. The van der Waals surface area contributed by atoms with Gasteiger partial charge in [0.05, 0.1) is 6.10 Å². The van der Waals surface area contributed by atoms with E-state index in [2.05, 4.69) is 25.6 Å². The second-order valence-electron chi connectivity index (χ2n) is 4.28. The number of nitrogens with zero attached hydrogens (tertiary/aromatic N) is 1. The predicted molar refractivity (Wildman–Crippen MR) is 75.7 cm³/mol. The van der Waals surface area contributed by atoms with Gasteiger partial charge in [-0.15, -0.1) is 0 Å². The van der Waals surface area contributed by atoms with E-state index in [1.165, 1.54) is 12.3 Å². The number of rotatable bonds is 4. The highest BCUT2D eigenvalue weighted by atomic mass is 79.9. The van der Waals surface area contributed by atoms with E-state index < -0.39 is 10.0 Å². The summed E-state index contributed by atoms with van der Waals surface area (Å²) in [6.07, 6.45) is 4.34. The van der Waals surface area contributed by atoms with Crippen LogP contribution >= 0.6 is 27.5 Å². The van der Waals surface area contributed by atoms with Gasteiger partial charge in [-0.25, -0.2) is 18.1 Å². The lowest BCUT2D eigenvalue weighted by atomic mass is 10.1. The molecule has 1 unspecified atom stereocenters. The fourth-order valence-electron chi connectivity index (χ4n) is 1.84. The lowest BCUT2D eigenvalue weighted by Crippen LogP contribution is -2.35. The van der Waals surface area contributed by atoms with Crippen molar-refractivity contribution in [1.82, 2.24) is 9.71 Å². The van der Waals surface area contributed by atoms with Crippen LogP contribution in [0.4, 0.5) is 0 Å². The number of aromatic nitrogens is 1. The molecule has 0 aromatic carbocycles. The summed E-state index contributed by atoms with van der Waals surface area (Å²) in [7, 11) is -3.67. The summed E-state index contributed by atoms with van der Waals surface area (Å²) in [5.41, 5.74) is 0. The fourth-order valence-corrected chi connectivity index (χ4v) is 3.85. The Hall–Kier alpha value is -0.210. The second kappa shape index (κ2) is 6.49. The van der Waals surface area contributed by atoms with E-state index in [-0.39, 0.29) is 22.7 Å². The standard InChI is InChI=1S/C11H14BrClN2O3S/c12-8-5-10(11(13)14-6-8)19(16,17)15-7-9-3-1-2-4-18-9/h5-6,9,15H,1-4,7H2. The van der Waals surface area contributed by atoms with E-state index in [0.717, 1.165) is 19.3 Å². The van der Waals surface area contributed by atoms with E-state index in [4.69, 9.17) is 16.3 Å². The average Bonchev–Trinajstić information content (AvgIpc) is 2.40. The number of hydrogen-bond donors (Lipinski definition) is 1. The van der Waals surface area contributed by atoms with Crippen LogP contribution in [0.2, 0.25) is 5.15 Å². The Kier molecular flexibility index (Phi) is 5.19. The van der Waals surface area contributed by atoms with Gasteiger partial charge in [-0.3, -0.25) is 0 Å². The minimum Gasteiger partial charge on any atom is -0.377 e. The van der Waals surface area contributed by atoms with Crippen LogP contribution in [0, 0.1) is 0 Å². The Morgan fingerprint density at radius 3 is 3.00 bits per heavy atom. The largest absolute Gasteiger partial charge is 0.377 e. The first-order valence-electron chi connectivity index (χ1n) is 5.91. The molecule has 5 nitrogen and oxygen atoms in total. The highest BCUT2D eigenvalue weighted by molar-refractivity contribution is 9.10. The molecule has 0 saturated carbocycles. The maximum atomic E-state index is 12.1. The third-order valence-electron chi connectivity index (χ3n) is 2.84. The lowest BCUT2D eigenvalue weighted by Gasteiger charge is -2.22. The minimum atomic E-state index is -3.67. The Labute approximate surface area is 125 Å². The summed E-state index contributed by atoms with van der Waals surface area (Å²) >= 11 is 9.00. The van der Waals surface area contributed by atoms with Crippen molar-refractivity contribution >= 4 is 37.6 Å². The van der Waals surface area contributed by atoms with E-state index >= 15 is 0 Å². The van der Waals surface area contributed by atoms with Crippen LogP contribution in [0.25, 0.3) is 0 Å². The third-order valence-corrected chi connectivity index (χ3v) is 5.12. The van der Waals surface area contributed by atoms with E-state index in [1.54, 1.807) is 0 Å². The number of ether oxygens (including phenoxy) is 1. The lowest BCUT2D eigenvalue weighted by molar-refractivity contribution is 0.0200. The highest BCUT2D eigenvalue weighted by Gasteiger charge is 2.22. The topological polar surface area (TPSA) is 68.3 Å². The zero-order chi connectivity index (χ0) is 13.9. The van der Waals surface area contributed by atoms with Gasteiger partial charge in [0.15, 0.2) is 0 Å². The first kappa shape index (κ1) is 15.2. The van der Waals surface area contributed by atoms with Gasteiger partial charge in [0.2, 0.25) is 10.0 Å². The summed E-state index contributed by atoms with van der Waals surface area (Å²) in [4.78, 5) is 3.78. The predicted octanol–water partition coefficient (Wildman–Crippen LogP) is 2.34. The summed E-state index contributed by atoms with van der Waals surface area (Å²) in [6.45, 7) is 0.941. The fraction of sp³-hybridized carbons (Fsp3) is 0.545. The number of hydrogen-bond acceptors (Lipinski definition) is 4. The van der Waals surface area contributed by atoms with Crippen LogP contribution < -0.4 is 4.72 Å². The highest BCUT2D eigenvalue weighted by Crippen LogP contribution is 2.22. The molecular weight excluding hydrogens is 356 g/mol. The maximum absolute atomic E-state index is 12.1. The molecule has 2 heterocycles. The molecule has 0 radical (unpaired) electrons. The number of pyridine rings is 1. The van der Waals surface area contributed by atoms with Gasteiger partial charge < -0.3 is 4.74 Å². The van der Waals surface area contributed by atoms with Crippen LogP contribution in [0.15, 0.2) is 21.6 Å². The second-order valence-corrected chi connectivity index (χ2v) is 7.29. The molecule has 19 heavy (non-hydrogen) atoms. The van der Waals surface area contributed by atoms with Crippen molar-refractivity contribution in [1.29, 1.82) is 0 Å². The van der Waals surface area contributed by atoms with Crippen LogP contribution in [-0.4, -0.2) is 32.7 Å². The van der Waals surface area contributed by atoms with Crippen molar-refractivity contribution in [2.45, 2.75) is 30.3 Å². The average molecular weight is 370 g/mol. The molecule has 0 amide bonds. The molecule has 1 N–H and O–H groups in total. The van der Waals surface area contributed by atoms with Crippen molar-refractivity contribution in [3.63, 3.8) is 0 Å². The number of halogens is 2. The molecule has 1 aliphatic rings. The molecule has 1 aliphatic heterocycles. The third kappa shape index (κ3) is 4.13. The van der Waals surface area contributed by atoms with Crippen LogP contribution in [0.3, 0.4) is 0 Å². The van der Waals surface area contributed by atoms with Gasteiger partial charge in [-0.05, 0) is 41.3 Å². The molecule has 0 spiro atoms. The monoisotopic (exact) mass is 368 g/mol. The Morgan fingerprint density at radius 1 is 1.53 bits per heavy atom. The molecule has 2 rings (SSSR count). The summed E-state index contributed by atoms with van der Waals surface area (Å²) in [5, 5.41) is -0.0414. The van der Waals surface area contributed by atoms with Gasteiger partial charge in [0.1, 0.15) is 10.0 Å².